The van der Waals surface area contributed by atoms with Gasteiger partial charge in [-0.2, -0.15) is 0 Å². The van der Waals surface area contributed by atoms with Crippen LogP contribution in [-0.4, -0.2) is 45.9 Å². The number of nitrogens with one attached hydrogen (secondary N) is 1. The summed E-state index contributed by atoms with van der Waals surface area (Å²) in [7, 11) is 1.54. The summed E-state index contributed by atoms with van der Waals surface area (Å²) < 4.78 is 6.62. The highest BCUT2D eigenvalue weighted by molar-refractivity contribution is 5.92. The summed E-state index contributed by atoms with van der Waals surface area (Å²) in [5.41, 5.74) is 7.93. The van der Waals surface area contributed by atoms with Gasteiger partial charge in [0, 0.05) is 19.3 Å². The Morgan fingerprint density at radius 2 is 2.33 bits per heavy atom. The molecule has 8 heteroatoms. The Bertz CT molecular complexity index is 595. The normalized spacial score (nSPS) is 12.1. The number of carbonyl (C=O) groups excluding carboxylic acids is 1. The Morgan fingerprint density at radius 3 is 2.95 bits per heavy atom. The third-order valence-corrected chi connectivity index (χ3v) is 3.12. The summed E-state index contributed by atoms with van der Waals surface area (Å²) in [5, 5.41) is 13.8. The molecule has 2 aromatic rings. The number of tetrazole rings is 1. The summed E-state index contributed by atoms with van der Waals surface area (Å²) in [6.45, 7) is 2.21. The zero-order chi connectivity index (χ0) is 15.2. The highest BCUT2D eigenvalue weighted by Crippen LogP contribution is 2.19. The zero-order valence-corrected chi connectivity index (χ0v) is 12.0. The minimum atomic E-state index is -0.284. The first-order valence-electron chi connectivity index (χ1n) is 6.50. The van der Waals surface area contributed by atoms with E-state index in [4.69, 9.17) is 10.5 Å². The smallest absolute Gasteiger partial charge is 0.227 e. The van der Waals surface area contributed by atoms with Crippen molar-refractivity contribution in [1.29, 1.82) is 0 Å². The van der Waals surface area contributed by atoms with Gasteiger partial charge in [0.15, 0.2) is 0 Å². The van der Waals surface area contributed by atoms with Crippen molar-refractivity contribution in [3.05, 3.63) is 30.1 Å². The van der Waals surface area contributed by atoms with Crippen LogP contribution in [0.4, 0.5) is 5.69 Å². The van der Waals surface area contributed by atoms with Gasteiger partial charge in [-0.25, -0.2) is 4.68 Å². The van der Waals surface area contributed by atoms with Crippen LogP contribution in [0.15, 0.2) is 24.5 Å². The van der Waals surface area contributed by atoms with Gasteiger partial charge in [-0.15, -0.1) is 5.10 Å². The van der Waals surface area contributed by atoms with Crippen LogP contribution in [0, 0.1) is 6.92 Å². The predicted molar refractivity (Wildman–Crippen MR) is 77.0 cm³/mol. The van der Waals surface area contributed by atoms with Crippen LogP contribution in [0.3, 0.4) is 0 Å². The van der Waals surface area contributed by atoms with E-state index in [0.29, 0.717) is 12.2 Å². The molecule has 1 amide bonds. The molecule has 1 aromatic carbocycles. The molecular formula is C13H18N6O2. The molecule has 0 aliphatic carbocycles. The summed E-state index contributed by atoms with van der Waals surface area (Å²) in [5.74, 6) is -0.149. The maximum atomic E-state index is 12.0. The lowest BCUT2D eigenvalue weighted by Gasteiger charge is -2.14. The Hall–Kier alpha value is -2.32. The monoisotopic (exact) mass is 290 g/mol. The van der Waals surface area contributed by atoms with Gasteiger partial charge in [0.1, 0.15) is 6.33 Å². The summed E-state index contributed by atoms with van der Waals surface area (Å²) in [4.78, 5) is 12.0. The molecule has 3 N–H and O–H groups in total. The second kappa shape index (κ2) is 6.91. The quantitative estimate of drug-likeness (QED) is 0.790. The van der Waals surface area contributed by atoms with Gasteiger partial charge in [-0.1, -0.05) is 6.07 Å². The Labute approximate surface area is 122 Å². The number of aryl methyl sites for hydroxylation is 1. The van der Waals surface area contributed by atoms with Crippen LogP contribution in [0.1, 0.15) is 12.0 Å². The van der Waals surface area contributed by atoms with E-state index in [2.05, 4.69) is 20.8 Å². The minimum Gasteiger partial charge on any atom is -0.380 e. The minimum absolute atomic E-state index is 0.149. The van der Waals surface area contributed by atoms with Gasteiger partial charge in [-0.3, -0.25) is 4.79 Å². The van der Waals surface area contributed by atoms with Gasteiger partial charge < -0.3 is 15.8 Å². The maximum Gasteiger partial charge on any atom is 0.227 e. The number of hydrogen-bond acceptors (Lipinski definition) is 6. The van der Waals surface area contributed by atoms with E-state index < -0.39 is 0 Å². The molecule has 0 saturated carbocycles. The zero-order valence-electron chi connectivity index (χ0n) is 12.0. The van der Waals surface area contributed by atoms with Crippen molar-refractivity contribution in [2.24, 2.45) is 5.73 Å². The number of ether oxygens (including phenoxy) is 1. The standard InChI is InChI=1S/C13H18N6O2/c1-9-3-4-10(19-8-15-17-18-19)5-12(9)16-13(20)6-11(7-14)21-2/h3-5,8,11H,6-7,14H2,1-2H3,(H,16,20). The van der Waals surface area contributed by atoms with E-state index >= 15 is 0 Å². The van der Waals surface area contributed by atoms with E-state index in [1.807, 2.05) is 25.1 Å². The van der Waals surface area contributed by atoms with Crippen LogP contribution in [-0.2, 0) is 9.53 Å². The van der Waals surface area contributed by atoms with Crippen molar-refractivity contribution < 1.29 is 9.53 Å². The van der Waals surface area contributed by atoms with Crippen molar-refractivity contribution in [1.82, 2.24) is 20.2 Å². The molecule has 0 aliphatic heterocycles. The fraction of sp³-hybridized carbons (Fsp3) is 0.385. The number of nitrogens with two attached hydrogens (primary N) is 1. The van der Waals surface area contributed by atoms with Crippen molar-refractivity contribution in [3.63, 3.8) is 0 Å². The number of methoxy groups -OCH3 is 1. The van der Waals surface area contributed by atoms with Crippen molar-refractivity contribution >= 4 is 11.6 Å². The molecule has 0 spiro atoms. The molecule has 21 heavy (non-hydrogen) atoms. The molecule has 0 fully saturated rings. The third kappa shape index (κ3) is 3.83. The fourth-order valence-electron chi connectivity index (χ4n) is 1.84. The lowest BCUT2D eigenvalue weighted by Crippen LogP contribution is -2.28. The highest BCUT2D eigenvalue weighted by atomic mass is 16.5. The molecule has 1 aromatic heterocycles. The van der Waals surface area contributed by atoms with E-state index in [1.165, 1.54) is 18.1 Å². The first-order valence-corrected chi connectivity index (χ1v) is 6.50. The van der Waals surface area contributed by atoms with Crippen LogP contribution >= 0.6 is 0 Å². The number of rotatable bonds is 6. The molecule has 1 unspecified atom stereocenters. The number of aromatic nitrogens is 4. The average molecular weight is 290 g/mol. The van der Waals surface area contributed by atoms with Crippen LogP contribution in [0.5, 0.6) is 0 Å². The maximum absolute atomic E-state index is 12.0. The second-order valence-electron chi connectivity index (χ2n) is 4.60. The first-order chi connectivity index (χ1) is 10.1. The number of carbonyl (C=O) groups is 1. The molecule has 0 saturated heterocycles. The highest BCUT2D eigenvalue weighted by Gasteiger charge is 2.13. The molecule has 0 radical (unpaired) electrons. The number of hydrogen-bond donors (Lipinski definition) is 2. The van der Waals surface area contributed by atoms with Gasteiger partial charge in [0.2, 0.25) is 5.91 Å². The van der Waals surface area contributed by atoms with E-state index in [9.17, 15) is 4.79 Å². The molecule has 2 rings (SSSR count). The molecule has 0 bridgehead atoms. The number of benzene rings is 1. The lowest BCUT2D eigenvalue weighted by atomic mass is 10.1. The van der Waals surface area contributed by atoms with Crippen LogP contribution in [0.25, 0.3) is 5.69 Å². The van der Waals surface area contributed by atoms with Gasteiger partial charge >= 0.3 is 0 Å². The van der Waals surface area contributed by atoms with E-state index in [0.717, 1.165) is 11.3 Å². The number of amides is 1. The van der Waals surface area contributed by atoms with Crippen LogP contribution in [0.2, 0.25) is 0 Å². The topological polar surface area (TPSA) is 108 Å². The largest absolute Gasteiger partial charge is 0.380 e. The number of anilines is 1. The molecular weight excluding hydrogens is 272 g/mol. The second-order valence-corrected chi connectivity index (χ2v) is 4.60. The Morgan fingerprint density at radius 1 is 1.52 bits per heavy atom. The SMILES string of the molecule is COC(CN)CC(=O)Nc1cc(-n2cnnn2)ccc1C. The summed E-state index contributed by atoms with van der Waals surface area (Å²) in [6, 6.07) is 5.58. The van der Waals surface area contributed by atoms with Crippen molar-refractivity contribution in [2.75, 3.05) is 19.0 Å². The lowest BCUT2D eigenvalue weighted by molar-refractivity contribution is -0.118. The molecule has 8 nitrogen and oxygen atoms in total. The molecule has 112 valence electrons. The Balaban J connectivity index is 2.12. The summed E-state index contributed by atoms with van der Waals surface area (Å²) >= 11 is 0. The third-order valence-electron chi connectivity index (χ3n) is 3.12. The van der Waals surface area contributed by atoms with Crippen molar-refractivity contribution in [3.8, 4) is 5.69 Å². The fourth-order valence-corrected chi connectivity index (χ4v) is 1.84. The van der Waals surface area contributed by atoms with Crippen LogP contribution < -0.4 is 11.1 Å². The first kappa shape index (κ1) is 15.1. The molecule has 1 atom stereocenters. The van der Waals surface area contributed by atoms with Gasteiger partial charge in [-0.05, 0) is 35.0 Å². The van der Waals surface area contributed by atoms with E-state index in [-0.39, 0.29) is 18.4 Å². The predicted octanol–water partition coefficient (Wildman–Crippen LogP) is 0.273. The van der Waals surface area contributed by atoms with Gasteiger partial charge in [0.25, 0.3) is 0 Å². The Kier molecular flexibility index (Phi) is 4.96. The van der Waals surface area contributed by atoms with E-state index in [1.54, 1.807) is 0 Å². The summed E-state index contributed by atoms with van der Waals surface area (Å²) in [6.07, 6.45) is 1.42. The van der Waals surface area contributed by atoms with Gasteiger partial charge in [0.05, 0.1) is 18.2 Å². The molecule has 1 heterocycles. The number of nitrogens with zero attached hydrogens (tertiary/aromatic N) is 4. The molecule has 0 aliphatic rings. The van der Waals surface area contributed by atoms with Crippen molar-refractivity contribution in [2.45, 2.75) is 19.4 Å². The average Bonchev–Trinajstić information content (AvgIpc) is 3.01.